The van der Waals surface area contributed by atoms with Crippen molar-refractivity contribution in [2.24, 2.45) is 0 Å². The summed E-state index contributed by atoms with van der Waals surface area (Å²) in [4.78, 5) is 71.7. The van der Waals surface area contributed by atoms with Crippen molar-refractivity contribution in [3.05, 3.63) is 144 Å². The highest BCUT2D eigenvalue weighted by Gasteiger charge is 2.35. The van der Waals surface area contributed by atoms with Crippen LogP contribution in [0.3, 0.4) is 0 Å². The van der Waals surface area contributed by atoms with Gasteiger partial charge in [0, 0.05) is 20.1 Å². The number of nitrogens with one attached hydrogen (secondary N) is 4. The van der Waals surface area contributed by atoms with Crippen LogP contribution in [-0.2, 0) is 19.1 Å². The summed E-state index contributed by atoms with van der Waals surface area (Å²) in [5.41, 5.74) is 7.38. The van der Waals surface area contributed by atoms with E-state index < -0.39 is 24.3 Å². The average molecular weight is 835 g/mol. The van der Waals surface area contributed by atoms with Crippen LogP contribution in [0.5, 0.6) is 0 Å². The van der Waals surface area contributed by atoms with Crippen LogP contribution in [0.4, 0.5) is 9.59 Å². The van der Waals surface area contributed by atoms with Crippen LogP contribution in [0.1, 0.15) is 85.5 Å². The first kappa shape index (κ1) is 41.5. The number of alkyl carbamates (subject to hydrolysis) is 2. The molecule has 4 N–H and O–H groups in total. The van der Waals surface area contributed by atoms with Crippen molar-refractivity contribution in [3.63, 3.8) is 0 Å². The van der Waals surface area contributed by atoms with Crippen molar-refractivity contribution in [2.45, 2.75) is 62.8 Å². The standard InChI is InChI=1S/C48H50N8O6/c1-49-47(59)62-42(36-13-7-4-8-14-36)28-44(58)56-26-10-16-41(56)46-51-30-39(53-46)35-23-19-32(20-24-35)31-17-21-34(22-18-31)38-29-50-45(52-38)40-15-9-25-55(40)43(57)27-37(54-48(60)61-2)33-11-5-3-6-12-33/h3-8,11-14,17-24,29-30,37,40-42H,9-10,15-16,25-28H2,1-2H3,(H,49,59)(H,50,52)(H,51,53)(H,54,60)/t37-,40?,41+,42-/m1/s1. The topological polar surface area (TPSA) is 175 Å². The van der Waals surface area contributed by atoms with Crippen molar-refractivity contribution in [2.75, 3.05) is 27.2 Å². The van der Waals surface area contributed by atoms with E-state index >= 15 is 0 Å². The first-order valence-electron chi connectivity index (χ1n) is 21.0. The predicted molar refractivity (Wildman–Crippen MR) is 233 cm³/mol. The number of rotatable bonds is 13. The first-order valence-corrected chi connectivity index (χ1v) is 21.0. The van der Waals surface area contributed by atoms with Gasteiger partial charge >= 0.3 is 12.2 Å². The summed E-state index contributed by atoms with van der Waals surface area (Å²) in [5.74, 6) is 1.31. The van der Waals surface area contributed by atoms with Crippen molar-refractivity contribution in [1.82, 2.24) is 40.4 Å². The monoisotopic (exact) mass is 834 g/mol. The minimum absolute atomic E-state index is 0.0323. The lowest BCUT2D eigenvalue weighted by atomic mass is 10.0. The van der Waals surface area contributed by atoms with E-state index in [1.165, 1.54) is 14.2 Å². The van der Waals surface area contributed by atoms with Crippen molar-refractivity contribution in [3.8, 4) is 33.6 Å². The van der Waals surface area contributed by atoms with E-state index in [9.17, 15) is 19.2 Å². The minimum Gasteiger partial charge on any atom is -0.453 e. The second kappa shape index (κ2) is 19.0. The molecular formula is C48H50N8O6. The summed E-state index contributed by atoms with van der Waals surface area (Å²) in [6.07, 6.45) is 5.16. The molecule has 8 rings (SSSR count). The van der Waals surface area contributed by atoms with Crippen LogP contribution in [0.15, 0.2) is 122 Å². The summed E-state index contributed by atoms with van der Waals surface area (Å²) >= 11 is 0. The van der Waals surface area contributed by atoms with Gasteiger partial charge in [0.1, 0.15) is 17.8 Å². The van der Waals surface area contributed by atoms with E-state index in [-0.39, 0.29) is 36.7 Å². The zero-order chi connectivity index (χ0) is 43.0. The molecule has 4 aromatic carbocycles. The highest BCUT2D eigenvalue weighted by atomic mass is 16.6. The van der Waals surface area contributed by atoms with Gasteiger partial charge in [-0.05, 0) is 59.1 Å². The second-order valence-electron chi connectivity index (χ2n) is 15.6. The maximum atomic E-state index is 13.7. The van der Waals surface area contributed by atoms with Gasteiger partial charge in [0.05, 0.1) is 61.9 Å². The quantitative estimate of drug-likeness (QED) is 0.0897. The number of likely N-dealkylation sites (tertiary alicyclic amines) is 2. The third kappa shape index (κ3) is 9.39. The number of aromatic nitrogens is 4. The average Bonchev–Trinajstić information content (AvgIpc) is 4.17. The molecule has 2 fully saturated rings. The number of amides is 4. The Bertz CT molecular complexity index is 2300. The van der Waals surface area contributed by atoms with E-state index in [0.29, 0.717) is 13.1 Å². The van der Waals surface area contributed by atoms with Crippen molar-refractivity contribution < 1.29 is 28.7 Å². The number of nitrogens with zero attached hydrogens (tertiary/aromatic N) is 4. The molecule has 4 atom stereocenters. The smallest absolute Gasteiger partial charge is 0.407 e. The number of imidazole rings is 2. The largest absolute Gasteiger partial charge is 0.453 e. The van der Waals surface area contributed by atoms with Gasteiger partial charge in [0.25, 0.3) is 0 Å². The molecule has 0 spiro atoms. The van der Waals surface area contributed by atoms with Crippen molar-refractivity contribution in [1.29, 1.82) is 0 Å². The molecule has 6 aromatic rings. The van der Waals surface area contributed by atoms with Gasteiger partial charge in [-0.2, -0.15) is 0 Å². The fraction of sp³-hybridized carbons (Fsp3) is 0.292. The van der Waals surface area contributed by atoms with Crippen LogP contribution in [0.25, 0.3) is 33.6 Å². The molecule has 14 heteroatoms. The Morgan fingerprint density at radius 3 is 1.60 bits per heavy atom. The maximum Gasteiger partial charge on any atom is 0.407 e. The molecule has 4 heterocycles. The normalized spacial score (nSPS) is 17.0. The van der Waals surface area contributed by atoms with E-state index in [1.807, 2.05) is 82.9 Å². The highest BCUT2D eigenvalue weighted by Crippen LogP contribution is 2.36. The van der Waals surface area contributed by atoms with Gasteiger partial charge in [-0.1, -0.05) is 109 Å². The number of carbonyl (C=O) groups excluding carboxylic acids is 4. The molecule has 0 radical (unpaired) electrons. The van der Waals surface area contributed by atoms with Gasteiger partial charge in [0.15, 0.2) is 0 Å². The molecule has 0 aliphatic carbocycles. The molecule has 0 bridgehead atoms. The van der Waals surface area contributed by atoms with Gasteiger partial charge < -0.3 is 39.9 Å². The Balaban J connectivity index is 0.894. The van der Waals surface area contributed by atoms with Gasteiger partial charge in [-0.25, -0.2) is 19.6 Å². The first-order chi connectivity index (χ1) is 30.3. The number of H-pyrrole nitrogens is 2. The fourth-order valence-electron chi connectivity index (χ4n) is 8.48. The number of methoxy groups -OCH3 is 1. The predicted octanol–water partition coefficient (Wildman–Crippen LogP) is 8.44. The lowest BCUT2D eigenvalue weighted by Gasteiger charge is -2.26. The summed E-state index contributed by atoms with van der Waals surface area (Å²) in [6, 6.07) is 34.4. The molecule has 0 saturated carbocycles. The summed E-state index contributed by atoms with van der Waals surface area (Å²) < 4.78 is 10.4. The van der Waals surface area contributed by atoms with Crippen LogP contribution < -0.4 is 10.6 Å². The SMILES string of the molecule is CNC(=O)O[C@H](CC(=O)N1CCC[C@H]1c1ncc(-c2ccc(-c3ccc(-c4cnc(C5CCCN5C(=O)C[C@@H](NC(=O)OC)c5ccccc5)[nH]4)cc3)cc2)[nH]1)c1ccccc1. The Morgan fingerprint density at radius 1 is 0.645 bits per heavy atom. The van der Waals surface area contributed by atoms with Crippen LogP contribution in [-0.4, -0.2) is 81.0 Å². The zero-order valence-corrected chi connectivity index (χ0v) is 34.8. The van der Waals surface area contributed by atoms with E-state index in [4.69, 9.17) is 19.4 Å². The molecule has 2 aromatic heterocycles. The molecule has 4 amide bonds. The Labute approximate surface area is 360 Å². The van der Waals surface area contributed by atoms with Gasteiger partial charge in [0.2, 0.25) is 11.8 Å². The number of carbonyl (C=O) groups is 4. The molecule has 318 valence electrons. The van der Waals surface area contributed by atoms with Crippen LogP contribution >= 0.6 is 0 Å². The molecular weight excluding hydrogens is 785 g/mol. The molecule has 2 saturated heterocycles. The molecule has 62 heavy (non-hydrogen) atoms. The summed E-state index contributed by atoms with van der Waals surface area (Å²) in [7, 11) is 2.81. The number of hydrogen-bond acceptors (Lipinski definition) is 8. The number of benzene rings is 4. The second-order valence-corrected chi connectivity index (χ2v) is 15.6. The third-order valence-corrected chi connectivity index (χ3v) is 11.7. The number of aromatic amines is 2. The van der Waals surface area contributed by atoms with E-state index in [1.54, 1.807) is 0 Å². The highest BCUT2D eigenvalue weighted by molar-refractivity contribution is 5.80. The van der Waals surface area contributed by atoms with E-state index in [0.717, 1.165) is 82.1 Å². The molecule has 2 aliphatic rings. The summed E-state index contributed by atoms with van der Waals surface area (Å²) in [6.45, 7) is 1.22. The minimum atomic E-state index is -0.706. The zero-order valence-electron chi connectivity index (χ0n) is 34.8. The summed E-state index contributed by atoms with van der Waals surface area (Å²) in [5, 5.41) is 5.30. The number of hydrogen-bond donors (Lipinski definition) is 4. The Hall–Kier alpha value is -7.22. The number of ether oxygens (including phenoxy) is 2. The maximum absolute atomic E-state index is 13.7. The van der Waals surface area contributed by atoms with Gasteiger partial charge in [-0.3, -0.25) is 9.59 Å². The molecule has 14 nitrogen and oxygen atoms in total. The Morgan fingerprint density at radius 2 is 1.11 bits per heavy atom. The lowest BCUT2D eigenvalue weighted by molar-refractivity contribution is -0.134. The van der Waals surface area contributed by atoms with Crippen LogP contribution in [0, 0.1) is 0 Å². The Kier molecular flexibility index (Phi) is 12.7. The molecule has 2 aliphatic heterocycles. The lowest BCUT2D eigenvalue weighted by Crippen LogP contribution is -2.36. The van der Waals surface area contributed by atoms with Crippen molar-refractivity contribution >= 4 is 24.0 Å². The molecule has 1 unspecified atom stereocenters. The van der Waals surface area contributed by atoms with Gasteiger partial charge in [-0.15, -0.1) is 0 Å². The fourth-order valence-corrected chi connectivity index (χ4v) is 8.48. The van der Waals surface area contributed by atoms with E-state index in [2.05, 4.69) is 69.1 Å². The van der Waals surface area contributed by atoms with Crippen LogP contribution in [0.2, 0.25) is 0 Å². The third-order valence-electron chi connectivity index (χ3n) is 11.7.